The van der Waals surface area contributed by atoms with Crippen LogP contribution in [0.2, 0.25) is 0 Å². The molecule has 180 valence electrons. The van der Waals surface area contributed by atoms with Crippen LogP contribution in [-0.2, 0) is 18.6 Å². The Morgan fingerprint density at radius 2 is 1.15 bits per heavy atom. The van der Waals surface area contributed by atoms with E-state index in [0.29, 0.717) is 22.7 Å². The van der Waals surface area contributed by atoms with Crippen LogP contribution in [0.5, 0.6) is 0 Å². The molecule has 7 aliphatic carbocycles. The quantitative estimate of drug-likeness (QED) is 0.498. The average molecular weight is 452 g/mol. The van der Waals surface area contributed by atoms with Crippen molar-refractivity contribution in [3.05, 3.63) is 10.9 Å². The molecule has 6 heteroatoms. The Hall–Kier alpha value is -0.290. The molecule has 9 fully saturated rings. The van der Waals surface area contributed by atoms with E-state index in [4.69, 9.17) is 18.6 Å². The van der Waals surface area contributed by atoms with Crippen LogP contribution in [0.25, 0.3) is 0 Å². The van der Waals surface area contributed by atoms with E-state index in [2.05, 4.69) is 41.5 Å². The Labute approximate surface area is 201 Å². The summed E-state index contributed by atoms with van der Waals surface area (Å²) < 4.78 is 27.6. The lowest BCUT2D eigenvalue weighted by atomic mass is 9.45. The lowest BCUT2D eigenvalue weighted by Crippen LogP contribution is -2.63. The van der Waals surface area contributed by atoms with Gasteiger partial charge in [0.2, 0.25) is 0 Å². The first-order chi connectivity index (χ1) is 15.5. The minimum absolute atomic E-state index is 0.174. The van der Waals surface area contributed by atoms with Gasteiger partial charge in [0.1, 0.15) is 0 Å². The largest absolute Gasteiger partial charge is 0.486 e. The minimum atomic E-state index is -0.306. The molecule has 4 bridgehead atoms. The molecular weight excluding hydrogens is 410 g/mol. The highest BCUT2D eigenvalue weighted by Gasteiger charge is 2.70. The number of allylic oxidation sites excluding steroid dienone is 1. The number of hydrogen-bond donors (Lipinski definition) is 0. The van der Waals surface area contributed by atoms with Crippen LogP contribution in [0.1, 0.15) is 99.3 Å². The Kier molecular flexibility index (Phi) is 4.47. The molecule has 0 amide bonds. The van der Waals surface area contributed by atoms with E-state index < -0.39 is 0 Å². The van der Waals surface area contributed by atoms with E-state index in [-0.39, 0.29) is 37.6 Å². The first-order valence-electron chi connectivity index (χ1n) is 13.9. The van der Waals surface area contributed by atoms with E-state index in [1.54, 1.807) is 0 Å². The van der Waals surface area contributed by atoms with Crippen molar-refractivity contribution in [2.24, 2.45) is 34.5 Å². The molecule has 4 nitrogen and oxygen atoms in total. The summed E-state index contributed by atoms with van der Waals surface area (Å²) in [4.78, 5) is 0. The summed E-state index contributed by atoms with van der Waals surface area (Å²) in [5.41, 5.74) is 1.89. The van der Waals surface area contributed by atoms with Crippen molar-refractivity contribution in [2.45, 2.75) is 123 Å². The second-order valence-corrected chi connectivity index (χ2v) is 14.4. The zero-order chi connectivity index (χ0) is 23.0. The Morgan fingerprint density at radius 3 is 1.58 bits per heavy atom. The van der Waals surface area contributed by atoms with Gasteiger partial charge >= 0.3 is 14.2 Å². The maximum atomic E-state index is 6.91. The molecule has 0 N–H and O–H groups in total. The molecule has 0 aromatic rings. The van der Waals surface area contributed by atoms with Crippen LogP contribution in [0, 0.1) is 34.5 Å². The summed E-state index contributed by atoms with van der Waals surface area (Å²) in [6.45, 7) is 14.4. The predicted octanol–water partition coefficient (Wildman–Crippen LogP) is 5.78. The highest BCUT2D eigenvalue weighted by atomic mass is 16.7. The van der Waals surface area contributed by atoms with Crippen molar-refractivity contribution < 1.29 is 18.6 Å². The van der Waals surface area contributed by atoms with Crippen molar-refractivity contribution in [1.29, 1.82) is 0 Å². The van der Waals surface area contributed by atoms with Crippen molar-refractivity contribution in [1.82, 2.24) is 0 Å². The topological polar surface area (TPSA) is 36.9 Å². The van der Waals surface area contributed by atoms with Gasteiger partial charge in [-0.2, -0.15) is 0 Å². The highest BCUT2D eigenvalue weighted by molar-refractivity contribution is 6.78. The third kappa shape index (κ3) is 2.82. The molecule has 0 aromatic carbocycles. The fraction of sp³-hybridized carbons (Fsp3) is 0.926. The Balaban J connectivity index is 1.21. The normalized spacial score (nSPS) is 50.9. The zero-order valence-electron chi connectivity index (χ0n) is 21.6. The zero-order valence-corrected chi connectivity index (χ0v) is 21.6. The molecule has 2 aliphatic heterocycles. The van der Waals surface area contributed by atoms with Gasteiger partial charge in [-0.1, -0.05) is 39.7 Å². The number of rotatable bonds is 2. The van der Waals surface area contributed by atoms with Gasteiger partial charge in [-0.3, -0.25) is 0 Å². The second kappa shape index (κ2) is 6.72. The van der Waals surface area contributed by atoms with Crippen LogP contribution >= 0.6 is 0 Å². The molecule has 7 saturated carbocycles. The van der Waals surface area contributed by atoms with Gasteiger partial charge in [-0.25, -0.2) is 0 Å². The fourth-order valence-corrected chi connectivity index (χ4v) is 9.40. The van der Waals surface area contributed by atoms with Gasteiger partial charge < -0.3 is 18.6 Å². The highest BCUT2D eigenvalue weighted by Crippen LogP contribution is 2.67. The van der Waals surface area contributed by atoms with Crippen molar-refractivity contribution in [3.63, 3.8) is 0 Å². The molecule has 9 aliphatic rings. The van der Waals surface area contributed by atoms with E-state index in [9.17, 15) is 0 Å². The van der Waals surface area contributed by atoms with E-state index in [1.807, 2.05) is 0 Å². The Morgan fingerprint density at radius 1 is 0.697 bits per heavy atom. The molecule has 0 radical (unpaired) electrons. The molecule has 0 aromatic heterocycles. The summed E-state index contributed by atoms with van der Waals surface area (Å²) in [5, 5.41) is 1.21. The van der Waals surface area contributed by atoms with Gasteiger partial charge in [-0.05, 0) is 105 Å². The molecule has 33 heavy (non-hydrogen) atoms. The summed E-state index contributed by atoms with van der Waals surface area (Å²) in [5.74, 6) is 2.71. The van der Waals surface area contributed by atoms with Gasteiger partial charge in [0.15, 0.2) is 0 Å². The molecular formula is C27H42B2O4. The predicted molar refractivity (Wildman–Crippen MR) is 130 cm³/mol. The summed E-state index contributed by atoms with van der Waals surface area (Å²) >= 11 is 0. The third-order valence-corrected chi connectivity index (χ3v) is 12.0. The fourth-order valence-electron chi connectivity index (χ4n) is 9.40. The lowest BCUT2D eigenvalue weighted by Gasteiger charge is -2.63. The van der Waals surface area contributed by atoms with Gasteiger partial charge in [-0.15, -0.1) is 0 Å². The summed E-state index contributed by atoms with van der Waals surface area (Å²) in [7, 11) is -0.611. The summed E-state index contributed by atoms with van der Waals surface area (Å²) in [6, 6.07) is 0. The molecule has 0 spiro atoms. The lowest BCUT2D eigenvalue weighted by molar-refractivity contribution is -0.185. The summed E-state index contributed by atoms with van der Waals surface area (Å²) in [6.07, 6.45) is 11.3. The smallest absolute Gasteiger partial charge is 0.402 e. The van der Waals surface area contributed by atoms with E-state index in [1.165, 1.54) is 43.0 Å². The van der Waals surface area contributed by atoms with Crippen LogP contribution in [-0.4, -0.2) is 37.6 Å². The van der Waals surface area contributed by atoms with Gasteiger partial charge in [0.25, 0.3) is 0 Å². The Bertz CT molecular complexity index is 833. The van der Waals surface area contributed by atoms with Crippen molar-refractivity contribution >= 4 is 14.2 Å². The molecule has 8 atom stereocenters. The first-order valence-corrected chi connectivity index (χ1v) is 13.9. The van der Waals surface area contributed by atoms with Crippen LogP contribution in [0.4, 0.5) is 0 Å². The SMILES string of the molecule is CC1(C)[C@H]2C[C@@H]1[C@@H]1OB(C(B3O[C@H]4[C@H]5C[C@@H](C[C@@]4(C)O3)C5(C)C)=C3CCCCC3)O[C@]1(C)C2. The van der Waals surface area contributed by atoms with Gasteiger partial charge in [0, 0.05) is 0 Å². The standard InChI is InChI=1S/C27H42B2O4/c1-24(2)17-12-19(24)21-26(5,14-17)32-28(30-21)23(16-10-8-7-9-11-16)29-31-22-20-13-18(25(20,3)4)15-27(22,6)33-29/h17-22H,7-15H2,1-6H3/t17-,18-,19+,20+,21-,22-,26+,27+/m0/s1. The van der Waals surface area contributed by atoms with Crippen molar-refractivity contribution in [2.75, 3.05) is 0 Å². The second-order valence-electron chi connectivity index (χ2n) is 14.4. The van der Waals surface area contributed by atoms with Gasteiger partial charge in [0.05, 0.1) is 23.4 Å². The van der Waals surface area contributed by atoms with Crippen LogP contribution < -0.4 is 0 Å². The van der Waals surface area contributed by atoms with Crippen LogP contribution in [0.3, 0.4) is 0 Å². The van der Waals surface area contributed by atoms with Crippen LogP contribution in [0.15, 0.2) is 10.9 Å². The average Bonchev–Trinajstić information content (AvgIpc) is 3.30. The number of hydrogen-bond acceptors (Lipinski definition) is 4. The molecule has 9 rings (SSSR count). The third-order valence-electron chi connectivity index (χ3n) is 12.0. The molecule has 0 unspecified atom stereocenters. The first kappa shape index (κ1) is 21.9. The monoisotopic (exact) mass is 452 g/mol. The van der Waals surface area contributed by atoms with E-state index in [0.717, 1.165) is 37.5 Å². The molecule has 2 saturated heterocycles. The maximum Gasteiger partial charge on any atom is 0.486 e. The molecule has 2 heterocycles. The minimum Gasteiger partial charge on any atom is -0.402 e. The van der Waals surface area contributed by atoms with Crippen molar-refractivity contribution in [3.8, 4) is 0 Å². The van der Waals surface area contributed by atoms with E-state index >= 15 is 0 Å². The maximum absolute atomic E-state index is 6.91.